The number of rotatable bonds is 3. The van der Waals surface area contributed by atoms with Gasteiger partial charge >= 0.3 is 0 Å². The van der Waals surface area contributed by atoms with Crippen molar-refractivity contribution >= 4 is 18.3 Å². The lowest BCUT2D eigenvalue weighted by Gasteiger charge is -2.34. The molecule has 4 nitrogen and oxygen atoms in total. The summed E-state index contributed by atoms with van der Waals surface area (Å²) in [5, 5.41) is 3.32. The number of piperidine rings is 2. The Morgan fingerprint density at radius 1 is 1.17 bits per heavy atom. The molecule has 0 aromatic rings. The highest BCUT2D eigenvalue weighted by molar-refractivity contribution is 5.85. The molecule has 1 unspecified atom stereocenters. The minimum absolute atomic E-state index is 0. The Hall–Kier alpha value is -0.320. The summed E-state index contributed by atoms with van der Waals surface area (Å²) in [4.78, 5) is 16.5. The Morgan fingerprint density at radius 2 is 1.89 bits per heavy atom. The molecule has 0 aromatic carbocycles. The number of likely N-dealkylation sites (N-methyl/N-ethyl adjacent to an activating group) is 1. The first-order valence-corrected chi connectivity index (χ1v) is 6.97. The van der Waals surface area contributed by atoms with Crippen LogP contribution in [0.1, 0.15) is 32.1 Å². The van der Waals surface area contributed by atoms with Crippen LogP contribution in [0.5, 0.6) is 0 Å². The summed E-state index contributed by atoms with van der Waals surface area (Å²) in [5.41, 5.74) is 0. The summed E-state index contributed by atoms with van der Waals surface area (Å²) in [6.45, 7) is 4.68. The van der Waals surface area contributed by atoms with Crippen LogP contribution in [0.25, 0.3) is 0 Å². The third-order valence-corrected chi connectivity index (χ3v) is 3.98. The van der Waals surface area contributed by atoms with Crippen LogP contribution < -0.4 is 5.32 Å². The third kappa shape index (κ3) is 4.41. The van der Waals surface area contributed by atoms with Gasteiger partial charge < -0.3 is 10.2 Å². The maximum Gasteiger partial charge on any atom is 0.236 e. The van der Waals surface area contributed by atoms with E-state index in [9.17, 15) is 4.79 Å². The van der Waals surface area contributed by atoms with E-state index in [0.29, 0.717) is 18.5 Å². The highest BCUT2D eigenvalue weighted by Crippen LogP contribution is 2.12. The van der Waals surface area contributed by atoms with E-state index in [1.165, 1.54) is 32.1 Å². The first-order valence-electron chi connectivity index (χ1n) is 6.97. The van der Waals surface area contributed by atoms with E-state index in [0.717, 1.165) is 26.2 Å². The molecule has 18 heavy (non-hydrogen) atoms. The fourth-order valence-electron chi connectivity index (χ4n) is 2.87. The SMILES string of the molecule is CNC1CCCN(CC(=O)N2CCCCC2)C1.Cl. The van der Waals surface area contributed by atoms with E-state index in [4.69, 9.17) is 0 Å². The van der Waals surface area contributed by atoms with Crippen LogP contribution in [-0.2, 0) is 4.79 Å². The summed E-state index contributed by atoms with van der Waals surface area (Å²) in [7, 11) is 2.01. The van der Waals surface area contributed by atoms with Crippen LogP contribution in [0.2, 0.25) is 0 Å². The van der Waals surface area contributed by atoms with Crippen molar-refractivity contribution in [3.63, 3.8) is 0 Å². The zero-order valence-electron chi connectivity index (χ0n) is 11.4. The van der Waals surface area contributed by atoms with Crippen molar-refractivity contribution in [1.82, 2.24) is 15.1 Å². The van der Waals surface area contributed by atoms with Gasteiger partial charge in [-0.1, -0.05) is 0 Å². The van der Waals surface area contributed by atoms with Gasteiger partial charge in [-0.05, 0) is 45.7 Å². The summed E-state index contributed by atoms with van der Waals surface area (Å²) in [5.74, 6) is 0.335. The predicted molar refractivity (Wildman–Crippen MR) is 76.2 cm³/mol. The molecule has 2 rings (SSSR count). The van der Waals surface area contributed by atoms with Gasteiger partial charge in [0.1, 0.15) is 0 Å². The standard InChI is InChI=1S/C13H25N3O.ClH/c1-14-12-6-5-7-15(10-12)11-13(17)16-8-3-2-4-9-16;/h12,14H,2-11H2,1H3;1H. The van der Waals surface area contributed by atoms with Crippen molar-refractivity contribution in [3.8, 4) is 0 Å². The van der Waals surface area contributed by atoms with Crippen LogP contribution >= 0.6 is 12.4 Å². The van der Waals surface area contributed by atoms with Crippen molar-refractivity contribution in [2.75, 3.05) is 39.8 Å². The van der Waals surface area contributed by atoms with E-state index in [1.807, 2.05) is 11.9 Å². The largest absolute Gasteiger partial charge is 0.342 e. The average Bonchev–Trinajstić information content (AvgIpc) is 2.40. The van der Waals surface area contributed by atoms with Gasteiger partial charge in [0.25, 0.3) is 0 Å². The molecule has 2 aliphatic heterocycles. The minimum Gasteiger partial charge on any atom is -0.342 e. The maximum absolute atomic E-state index is 12.1. The quantitative estimate of drug-likeness (QED) is 0.838. The molecule has 5 heteroatoms. The minimum atomic E-state index is 0. The van der Waals surface area contributed by atoms with Crippen LogP contribution in [0, 0.1) is 0 Å². The van der Waals surface area contributed by atoms with Crippen molar-refractivity contribution in [1.29, 1.82) is 0 Å². The number of nitrogens with one attached hydrogen (secondary N) is 1. The predicted octanol–water partition coefficient (Wildman–Crippen LogP) is 1.10. The first kappa shape index (κ1) is 15.7. The van der Waals surface area contributed by atoms with E-state index in [2.05, 4.69) is 10.2 Å². The summed E-state index contributed by atoms with van der Waals surface area (Å²) in [6.07, 6.45) is 6.11. The molecule has 1 amide bonds. The first-order chi connectivity index (χ1) is 8.29. The molecule has 1 N–H and O–H groups in total. The second-order valence-electron chi connectivity index (χ2n) is 5.30. The van der Waals surface area contributed by atoms with Gasteiger partial charge in [-0.25, -0.2) is 0 Å². The molecule has 2 fully saturated rings. The molecule has 2 heterocycles. The molecule has 0 aliphatic carbocycles. The highest BCUT2D eigenvalue weighted by atomic mass is 35.5. The second-order valence-corrected chi connectivity index (χ2v) is 5.30. The van der Waals surface area contributed by atoms with Crippen molar-refractivity contribution < 1.29 is 4.79 Å². The molecular formula is C13H26ClN3O. The number of hydrogen-bond donors (Lipinski definition) is 1. The van der Waals surface area contributed by atoms with Gasteiger partial charge in [-0.15, -0.1) is 12.4 Å². The Labute approximate surface area is 116 Å². The second kappa shape index (κ2) is 7.97. The Bertz CT molecular complexity index is 257. The summed E-state index contributed by atoms with van der Waals surface area (Å²) >= 11 is 0. The molecule has 0 spiro atoms. The van der Waals surface area contributed by atoms with Gasteiger partial charge in [-0.3, -0.25) is 9.69 Å². The average molecular weight is 276 g/mol. The molecule has 106 valence electrons. The number of likely N-dealkylation sites (tertiary alicyclic amines) is 2. The number of halogens is 1. The lowest BCUT2D eigenvalue weighted by molar-refractivity contribution is -0.133. The molecule has 0 saturated carbocycles. The molecule has 0 radical (unpaired) electrons. The fraction of sp³-hybridized carbons (Fsp3) is 0.923. The van der Waals surface area contributed by atoms with E-state index < -0.39 is 0 Å². The van der Waals surface area contributed by atoms with E-state index >= 15 is 0 Å². The number of hydrogen-bond acceptors (Lipinski definition) is 3. The van der Waals surface area contributed by atoms with Crippen LogP contribution in [0.15, 0.2) is 0 Å². The zero-order valence-corrected chi connectivity index (χ0v) is 12.2. The van der Waals surface area contributed by atoms with Crippen molar-refractivity contribution in [2.45, 2.75) is 38.1 Å². The van der Waals surface area contributed by atoms with Crippen molar-refractivity contribution in [3.05, 3.63) is 0 Å². The number of amides is 1. The summed E-state index contributed by atoms with van der Waals surface area (Å²) in [6, 6.07) is 0.568. The van der Waals surface area contributed by atoms with Crippen LogP contribution in [0.3, 0.4) is 0 Å². The Morgan fingerprint density at radius 3 is 2.56 bits per heavy atom. The molecule has 1 atom stereocenters. The van der Waals surface area contributed by atoms with Crippen LogP contribution in [-0.4, -0.2) is 61.5 Å². The van der Waals surface area contributed by atoms with Gasteiger partial charge in [0, 0.05) is 25.7 Å². The number of carbonyl (C=O) groups is 1. The van der Waals surface area contributed by atoms with Gasteiger partial charge in [0.15, 0.2) is 0 Å². The Kier molecular flexibility index (Phi) is 6.97. The molecule has 0 aromatic heterocycles. The van der Waals surface area contributed by atoms with Gasteiger partial charge in [0.05, 0.1) is 6.54 Å². The number of carbonyl (C=O) groups excluding carboxylic acids is 1. The van der Waals surface area contributed by atoms with E-state index in [1.54, 1.807) is 0 Å². The highest BCUT2D eigenvalue weighted by Gasteiger charge is 2.23. The third-order valence-electron chi connectivity index (χ3n) is 3.98. The number of nitrogens with zero attached hydrogens (tertiary/aromatic N) is 2. The summed E-state index contributed by atoms with van der Waals surface area (Å²) < 4.78 is 0. The lowest BCUT2D eigenvalue weighted by atomic mass is 10.1. The van der Waals surface area contributed by atoms with E-state index in [-0.39, 0.29) is 12.4 Å². The normalized spacial score (nSPS) is 25.6. The smallest absolute Gasteiger partial charge is 0.236 e. The molecule has 2 saturated heterocycles. The lowest BCUT2D eigenvalue weighted by Crippen LogP contribution is -2.49. The van der Waals surface area contributed by atoms with Gasteiger partial charge in [0.2, 0.25) is 5.91 Å². The molecular weight excluding hydrogens is 250 g/mol. The maximum atomic E-state index is 12.1. The van der Waals surface area contributed by atoms with Crippen molar-refractivity contribution in [2.24, 2.45) is 0 Å². The molecule has 0 bridgehead atoms. The topological polar surface area (TPSA) is 35.6 Å². The molecule has 2 aliphatic rings. The van der Waals surface area contributed by atoms with Gasteiger partial charge in [-0.2, -0.15) is 0 Å². The van der Waals surface area contributed by atoms with Crippen LogP contribution in [0.4, 0.5) is 0 Å². The fourth-order valence-corrected chi connectivity index (χ4v) is 2.87. The monoisotopic (exact) mass is 275 g/mol. The Balaban J connectivity index is 0.00000162. The zero-order chi connectivity index (χ0) is 12.1.